The minimum atomic E-state index is 0.00111. The number of nitrogens with zero attached hydrogens (tertiary/aromatic N) is 2. The first-order valence-electron chi connectivity index (χ1n) is 7.63. The molecule has 0 atom stereocenters. The van der Waals surface area contributed by atoms with Gasteiger partial charge in [0.1, 0.15) is 5.69 Å². The third kappa shape index (κ3) is 2.99. The highest BCUT2D eigenvalue weighted by Crippen LogP contribution is 2.30. The van der Waals surface area contributed by atoms with Crippen molar-refractivity contribution in [2.24, 2.45) is 5.92 Å². The third-order valence-electron chi connectivity index (χ3n) is 3.92. The highest BCUT2D eigenvalue weighted by Gasteiger charge is 2.27. The Morgan fingerprint density at radius 2 is 2.14 bits per heavy atom. The molecule has 1 saturated carbocycles. The number of carbonyl (C=O) groups excluding carboxylic acids is 1. The van der Waals surface area contributed by atoms with Crippen LogP contribution >= 0.6 is 0 Å². The number of carbonyl (C=O) groups is 1. The number of rotatable bonds is 5. The second kappa shape index (κ2) is 5.72. The number of anilines is 1. The minimum Gasteiger partial charge on any atom is -0.398 e. The van der Waals surface area contributed by atoms with Crippen LogP contribution in [0.4, 0.5) is 5.69 Å². The van der Waals surface area contributed by atoms with E-state index in [1.807, 2.05) is 29.2 Å². The quantitative estimate of drug-likeness (QED) is 0.917. The Morgan fingerprint density at radius 1 is 1.38 bits per heavy atom. The summed E-state index contributed by atoms with van der Waals surface area (Å²) in [6.07, 6.45) is 3.43. The summed E-state index contributed by atoms with van der Waals surface area (Å²) >= 11 is 0. The van der Waals surface area contributed by atoms with Gasteiger partial charge in [-0.25, -0.2) is 4.98 Å². The average Bonchev–Trinajstić information content (AvgIpc) is 3.30. The van der Waals surface area contributed by atoms with E-state index in [-0.39, 0.29) is 5.91 Å². The van der Waals surface area contributed by atoms with Crippen molar-refractivity contribution in [1.29, 1.82) is 0 Å². The maximum absolute atomic E-state index is 12.7. The Balaban J connectivity index is 1.91. The molecule has 21 heavy (non-hydrogen) atoms. The molecule has 0 aliphatic heterocycles. The standard InChI is InChI=1S/C17H21N3O/c1-2-9-20(11-12-7-8-12)17(21)16-10-14(18)13-5-3-4-6-15(13)19-16/h3-6,10,12H,2,7-9,11H2,1H3,(H2,18,19). The number of aromatic nitrogens is 1. The molecule has 1 amide bonds. The van der Waals surface area contributed by atoms with E-state index >= 15 is 0 Å². The number of hydrogen-bond acceptors (Lipinski definition) is 3. The number of hydrogen-bond donors (Lipinski definition) is 1. The highest BCUT2D eigenvalue weighted by molar-refractivity contribution is 5.99. The summed E-state index contributed by atoms with van der Waals surface area (Å²) in [7, 11) is 0. The maximum Gasteiger partial charge on any atom is 0.272 e. The molecule has 4 heteroatoms. The molecule has 0 saturated heterocycles. The van der Waals surface area contributed by atoms with Gasteiger partial charge >= 0.3 is 0 Å². The monoisotopic (exact) mass is 283 g/mol. The number of fused-ring (bicyclic) bond motifs is 1. The van der Waals surface area contributed by atoms with Crippen molar-refractivity contribution in [3.63, 3.8) is 0 Å². The number of amides is 1. The van der Waals surface area contributed by atoms with Gasteiger partial charge in [0.15, 0.2) is 0 Å². The molecule has 1 aliphatic carbocycles. The topological polar surface area (TPSA) is 59.2 Å². The summed E-state index contributed by atoms with van der Waals surface area (Å²) in [6, 6.07) is 9.38. The van der Waals surface area contributed by atoms with Crippen molar-refractivity contribution in [2.75, 3.05) is 18.8 Å². The van der Waals surface area contributed by atoms with Gasteiger partial charge in [-0.15, -0.1) is 0 Å². The van der Waals surface area contributed by atoms with E-state index in [4.69, 9.17) is 5.73 Å². The molecule has 1 aromatic carbocycles. The lowest BCUT2D eigenvalue weighted by Crippen LogP contribution is -2.34. The van der Waals surface area contributed by atoms with E-state index in [0.717, 1.165) is 30.4 Å². The lowest BCUT2D eigenvalue weighted by atomic mass is 10.1. The van der Waals surface area contributed by atoms with Gasteiger partial charge in [0.2, 0.25) is 0 Å². The second-order valence-corrected chi connectivity index (χ2v) is 5.81. The summed E-state index contributed by atoms with van der Waals surface area (Å²) in [4.78, 5) is 19.1. The van der Waals surface area contributed by atoms with Gasteiger partial charge in [-0.1, -0.05) is 25.1 Å². The molecule has 0 spiro atoms. The lowest BCUT2D eigenvalue weighted by molar-refractivity contribution is 0.0742. The summed E-state index contributed by atoms with van der Waals surface area (Å²) in [6.45, 7) is 3.72. The van der Waals surface area contributed by atoms with Gasteiger partial charge in [0.25, 0.3) is 5.91 Å². The molecule has 2 N–H and O–H groups in total. The Bertz CT molecular complexity index is 664. The van der Waals surface area contributed by atoms with E-state index in [9.17, 15) is 4.79 Å². The second-order valence-electron chi connectivity index (χ2n) is 5.81. The summed E-state index contributed by atoms with van der Waals surface area (Å²) in [5, 5.41) is 0.901. The van der Waals surface area contributed by atoms with Gasteiger partial charge in [-0.2, -0.15) is 0 Å². The molecular weight excluding hydrogens is 262 g/mol. The SMILES string of the molecule is CCCN(CC1CC1)C(=O)c1cc(N)c2ccccc2n1. The number of nitrogens with two attached hydrogens (primary N) is 1. The first-order chi connectivity index (χ1) is 10.2. The fourth-order valence-corrected chi connectivity index (χ4v) is 2.63. The van der Waals surface area contributed by atoms with Gasteiger partial charge in [0.05, 0.1) is 5.52 Å². The molecule has 0 bridgehead atoms. The Hall–Kier alpha value is -2.10. The van der Waals surface area contributed by atoms with Crippen molar-refractivity contribution in [3.05, 3.63) is 36.0 Å². The van der Waals surface area contributed by atoms with Crippen molar-refractivity contribution < 1.29 is 4.79 Å². The molecule has 1 aliphatic rings. The zero-order chi connectivity index (χ0) is 14.8. The van der Waals surface area contributed by atoms with Crippen LogP contribution in [0.5, 0.6) is 0 Å². The van der Waals surface area contributed by atoms with Gasteiger partial charge in [0, 0.05) is 24.2 Å². The van der Waals surface area contributed by atoms with Gasteiger partial charge in [-0.05, 0) is 37.3 Å². The van der Waals surface area contributed by atoms with E-state index in [1.54, 1.807) is 6.07 Å². The van der Waals surface area contributed by atoms with Crippen LogP contribution in [0.3, 0.4) is 0 Å². The average molecular weight is 283 g/mol. The number of pyridine rings is 1. The van der Waals surface area contributed by atoms with Crippen LogP contribution in [-0.4, -0.2) is 28.9 Å². The molecule has 1 heterocycles. The van der Waals surface area contributed by atoms with Gasteiger partial charge < -0.3 is 10.6 Å². The van der Waals surface area contributed by atoms with Crippen molar-refractivity contribution in [2.45, 2.75) is 26.2 Å². The first kappa shape index (κ1) is 13.9. The molecular formula is C17H21N3O. The summed E-state index contributed by atoms with van der Waals surface area (Å²) in [5.74, 6) is 0.680. The van der Waals surface area contributed by atoms with Crippen LogP contribution in [0.1, 0.15) is 36.7 Å². The van der Waals surface area contributed by atoms with Gasteiger partial charge in [-0.3, -0.25) is 4.79 Å². The first-order valence-corrected chi connectivity index (χ1v) is 7.63. The fraction of sp³-hybridized carbons (Fsp3) is 0.412. The largest absolute Gasteiger partial charge is 0.398 e. The summed E-state index contributed by atoms with van der Waals surface area (Å²) < 4.78 is 0. The molecule has 3 rings (SSSR count). The highest BCUT2D eigenvalue weighted by atomic mass is 16.2. The zero-order valence-electron chi connectivity index (χ0n) is 12.4. The number of para-hydroxylation sites is 1. The van der Waals surface area contributed by atoms with E-state index in [1.165, 1.54) is 12.8 Å². The summed E-state index contributed by atoms with van der Waals surface area (Å²) in [5.41, 5.74) is 7.93. The Morgan fingerprint density at radius 3 is 2.86 bits per heavy atom. The molecule has 0 unspecified atom stereocenters. The van der Waals surface area contributed by atoms with Crippen molar-refractivity contribution in [3.8, 4) is 0 Å². The van der Waals surface area contributed by atoms with E-state index in [0.29, 0.717) is 17.3 Å². The van der Waals surface area contributed by atoms with Crippen LogP contribution in [0, 0.1) is 5.92 Å². The zero-order valence-corrected chi connectivity index (χ0v) is 12.4. The molecule has 4 nitrogen and oxygen atoms in total. The van der Waals surface area contributed by atoms with Crippen molar-refractivity contribution >= 4 is 22.5 Å². The fourth-order valence-electron chi connectivity index (χ4n) is 2.63. The smallest absolute Gasteiger partial charge is 0.272 e. The van der Waals surface area contributed by atoms with E-state index in [2.05, 4.69) is 11.9 Å². The molecule has 2 aromatic rings. The predicted octanol–water partition coefficient (Wildman–Crippen LogP) is 3.08. The minimum absolute atomic E-state index is 0.00111. The lowest BCUT2D eigenvalue weighted by Gasteiger charge is -2.22. The van der Waals surface area contributed by atoms with Crippen LogP contribution in [0.25, 0.3) is 10.9 Å². The molecule has 1 fully saturated rings. The third-order valence-corrected chi connectivity index (χ3v) is 3.92. The van der Waals surface area contributed by atoms with Crippen LogP contribution in [0.15, 0.2) is 30.3 Å². The Labute approximate surface area is 125 Å². The molecule has 0 radical (unpaired) electrons. The molecule has 110 valence electrons. The maximum atomic E-state index is 12.7. The predicted molar refractivity (Wildman–Crippen MR) is 85.1 cm³/mol. The van der Waals surface area contributed by atoms with Crippen LogP contribution < -0.4 is 5.73 Å². The van der Waals surface area contributed by atoms with Crippen molar-refractivity contribution in [1.82, 2.24) is 9.88 Å². The number of nitrogen functional groups attached to an aromatic ring is 1. The molecule has 1 aromatic heterocycles. The van der Waals surface area contributed by atoms with Crippen LogP contribution in [0.2, 0.25) is 0 Å². The van der Waals surface area contributed by atoms with Crippen LogP contribution in [-0.2, 0) is 0 Å². The Kier molecular flexibility index (Phi) is 3.78. The normalized spacial score (nSPS) is 14.3. The van der Waals surface area contributed by atoms with E-state index < -0.39 is 0 Å². The number of benzene rings is 1.